The molecular formula is C36H36F2N6O13P2S. The fraction of sp³-hybridized carbons (Fsp3) is 0.389. The molecule has 3 saturated heterocycles. The molecule has 1 unspecified atom stereocenters. The summed E-state index contributed by atoms with van der Waals surface area (Å²) in [5.74, 6) is -1.83. The molecule has 10 atom stereocenters. The third-order valence-electron chi connectivity index (χ3n) is 9.93. The van der Waals surface area contributed by atoms with E-state index in [1.54, 1.807) is 31.2 Å². The van der Waals surface area contributed by atoms with Crippen molar-refractivity contribution in [3.05, 3.63) is 89.6 Å². The van der Waals surface area contributed by atoms with Crippen LogP contribution in [0.3, 0.4) is 0 Å². The predicted octanol–water partition coefficient (Wildman–Crippen LogP) is 4.82. The SMILES string of the molecule is Cc1ccc(C(=O)Oc2ccc(CS[P@]3(=O)OC[C@H]4O[C@@H](N5C=CC(=O)CC5=O)[C@H](OP(=O)(O)OC[C@H]5O[C@@H](n6cnc7c(N)ncnc76)[C@H](O3)[C@@H]5F)[C@@H]4F)cc2)c(C)c1. The van der Waals surface area contributed by atoms with E-state index in [0.29, 0.717) is 22.5 Å². The quantitative estimate of drug-likeness (QED) is 0.109. The largest absolute Gasteiger partial charge is 0.472 e. The number of benzene rings is 2. The zero-order chi connectivity index (χ0) is 42.5. The highest BCUT2D eigenvalue weighted by Gasteiger charge is 2.56. The summed E-state index contributed by atoms with van der Waals surface area (Å²) in [5.41, 5.74) is 8.81. The topological polar surface area (TPSA) is 243 Å². The molecule has 4 aliphatic rings. The van der Waals surface area contributed by atoms with Crippen LogP contribution < -0.4 is 10.5 Å². The molecule has 6 heterocycles. The number of amides is 1. The van der Waals surface area contributed by atoms with Gasteiger partial charge in [-0.05, 0) is 60.6 Å². The van der Waals surface area contributed by atoms with Gasteiger partial charge >= 0.3 is 20.6 Å². The van der Waals surface area contributed by atoms with Crippen LogP contribution in [0, 0.1) is 13.8 Å². The van der Waals surface area contributed by atoms with Crippen LogP contribution in [0.25, 0.3) is 11.2 Å². The van der Waals surface area contributed by atoms with Crippen molar-refractivity contribution >= 4 is 60.6 Å². The summed E-state index contributed by atoms with van der Waals surface area (Å²) < 4.78 is 102. The Morgan fingerprint density at radius 2 is 1.67 bits per heavy atom. The first kappa shape index (κ1) is 42.2. The summed E-state index contributed by atoms with van der Waals surface area (Å²) >= 11 is 0.607. The van der Waals surface area contributed by atoms with E-state index in [2.05, 4.69) is 15.0 Å². The Hall–Kier alpha value is -4.47. The molecular weight excluding hydrogens is 856 g/mol. The fourth-order valence-corrected chi connectivity index (χ4v) is 11.2. The van der Waals surface area contributed by atoms with E-state index in [1.165, 1.54) is 23.0 Å². The van der Waals surface area contributed by atoms with Crippen LogP contribution >= 0.6 is 26.0 Å². The minimum atomic E-state index is -5.27. The number of allylic oxidation sites excluding steroid dienone is 1. The third-order valence-corrected chi connectivity index (χ3v) is 14.6. The highest BCUT2D eigenvalue weighted by atomic mass is 32.7. The van der Waals surface area contributed by atoms with Crippen molar-refractivity contribution in [2.45, 2.75) is 75.2 Å². The number of hydrogen-bond acceptors (Lipinski definition) is 17. The molecule has 24 heteroatoms. The lowest BCUT2D eigenvalue weighted by atomic mass is 10.1. The van der Waals surface area contributed by atoms with Gasteiger partial charge in [0.2, 0.25) is 5.91 Å². The first-order chi connectivity index (χ1) is 28.6. The Morgan fingerprint density at radius 1 is 0.967 bits per heavy atom. The van der Waals surface area contributed by atoms with Crippen LogP contribution in [0.15, 0.2) is 67.4 Å². The first-order valence-corrected chi connectivity index (χ1v) is 22.9. The number of nitrogens with zero attached hydrogens (tertiary/aromatic N) is 5. The molecule has 0 aliphatic carbocycles. The van der Waals surface area contributed by atoms with Crippen LogP contribution in [-0.2, 0) is 52.0 Å². The van der Waals surface area contributed by atoms with Crippen LogP contribution in [0.4, 0.5) is 14.6 Å². The van der Waals surface area contributed by atoms with Crippen molar-refractivity contribution in [1.82, 2.24) is 24.4 Å². The fourth-order valence-electron chi connectivity index (χ4n) is 6.94. The average Bonchev–Trinajstić information content (AvgIpc) is 3.86. The van der Waals surface area contributed by atoms with Gasteiger partial charge in [-0.3, -0.25) is 37.2 Å². The van der Waals surface area contributed by atoms with Gasteiger partial charge in [0.25, 0.3) is 0 Å². The van der Waals surface area contributed by atoms with E-state index in [9.17, 15) is 28.4 Å². The zero-order valence-corrected chi connectivity index (χ0v) is 34.1. The second-order valence-corrected chi connectivity index (χ2v) is 19.6. The number of alkyl halides is 2. The number of imidazole rings is 1. The number of esters is 1. The Morgan fingerprint density at radius 3 is 2.38 bits per heavy atom. The number of anilines is 1. The predicted molar refractivity (Wildman–Crippen MR) is 205 cm³/mol. The Kier molecular flexibility index (Phi) is 11.8. The lowest BCUT2D eigenvalue weighted by molar-refractivity contribution is -0.148. The zero-order valence-electron chi connectivity index (χ0n) is 31.5. The van der Waals surface area contributed by atoms with Crippen LogP contribution in [-0.4, -0.2) is 103 Å². The molecule has 0 saturated carbocycles. The number of phosphoric ester groups is 1. The summed E-state index contributed by atoms with van der Waals surface area (Å²) in [6.07, 6.45) is -11.2. The molecule has 4 aromatic rings. The lowest BCUT2D eigenvalue weighted by Crippen LogP contribution is -2.46. The summed E-state index contributed by atoms with van der Waals surface area (Å²) in [5, 5.41) is 0. The number of nitrogens with two attached hydrogens (primary N) is 1. The van der Waals surface area contributed by atoms with Gasteiger partial charge in [0, 0.05) is 12.0 Å². The van der Waals surface area contributed by atoms with Crippen molar-refractivity contribution < 1.29 is 69.5 Å². The van der Waals surface area contributed by atoms with Crippen LogP contribution in [0.5, 0.6) is 5.75 Å². The molecule has 60 heavy (non-hydrogen) atoms. The van der Waals surface area contributed by atoms with Gasteiger partial charge in [-0.25, -0.2) is 37.7 Å². The molecule has 3 N–H and O–H groups in total. The molecule has 4 aliphatic heterocycles. The van der Waals surface area contributed by atoms with Crippen LogP contribution in [0.1, 0.15) is 39.7 Å². The van der Waals surface area contributed by atoms with Gasteiger partial charge in [-0.2, -0.15) is 0 Å². The van der Waals surface area contributed by atoms with E-state index >= 15 is 8.78 Å². The van der Waals surface area contributed by atoms with Crippen molar-refractivity contribution in [1.29, 1.82) is 0 Å². The lowest BCUT2D eigenvalue weighted by Gasteiger charge is -2.31. The van der Waals surface area contributed by atoms with E-state index in [-0.39, 0.29) is 28.5 Å². The molecule has 4 bridgehead atoms. The number of ether oxygens (including phenoxy) is 3. The highest BCUT2D eigenvalue weighted by Crippen LogP contribution is 2.65. The molecule has 0 radical (unpaired) electrons. The summed E-state index contributed by atoms with van der Waals surface area (Å²) in [6.45, 7) is -2.78. The monoisotopic (exact) mass is 892 g/mol. The molecule has 1 amide bonds. The summed E-state index contributed by atoms with van der Waals surface area (Å²) in [7, 11) is -5.27. The number of phosphoric acid groups is 1. The summed E-state index contributed by atoms with van der Waals surface area (Å²) in [4.78, 5) is 61.4. The number of hydrogen-bond donors (Lipinski definition) is 2. The maximum absolute atomic E-state index is 16.6. The number of fused-ring (bicyclic) bond motifs is 5. The molecule has 19 nitrogen and oxygen atoms in total. The Labute approximate surface area is 343 Å². The number of ketones is 1. The van der Waals surface area contributed by atoms with Gasteiger partial charge in [0.1, 0.15) is 42.0 Å². The number of aryl methyl sites for hydroxylation is 2. The second kappa shape index (κ2) is 16.8. The van der Waals surface area contributed by atoms with Gasteiger partial charge in [-0.1, -0.05) is 29.8 Å². The molecule has 2 aromatic heterocycles. The molecule has 2 aromatic carbocycles. The number of aromatic nitrogens is 4. The molecule has 8 rings (SSSR count). The first-order valence-electron chi connectivity index (χ1n) is 18.2. The molecule has 318 valence electrons. The molecule has 3 fully saturated rings. The van der Waals surface area contributed by atoms with Gasteiger partial charge in [0.05, 0.1) is 31.5 Å². The van der Waals surface area contributed by atoms with E-state index in [0.717, 1.165) is 34.6 Å². The Bertz CT molecular complexity index is 2460. The second-order valence-electron chi connectivity index (χ2n) is 14.1. The minimum absolute atomic E-state index is 0.0132. The normalized spacial score (nSPS) is 32.3. The third kappa shape index (κ3) is 8.67. The number of carbonyl (C=O) groups excluding carboxylic acids is 3. The minimum Gasteiger partial charge on any atom is -0.423 e. The van der Waals surface area contributed by atoms with E-state index in [1.807, 2.05) is 13.0 Å². The smallest absolute Gasteiger partial charge is 0.423 e. The maximum Gasteiger partial charge on any atom is 0.472 e. The Balaban J connectivity index is 1.09. The number of carbonyl (C=O) groups is 3. The summed E-state index contributed by atoms with van der Waals surface area (Å²) in [6, 6.07) is 11.5. The highest BCUT2D eigenvalue weighted by molar-refractivity contribution is 8.54. The van der Waals surface area contributed by atoms with Crippen molar-refractivity contribution in [2.24, 2.45) is 0 Å². The van der Waals surface area contributed by atoms with Gasteiger partial charge in [-0.15, -0.1) is 0 Å². The molecule has 0 spiro atoms. The van der Waals surface area contributed by atoms with Crippen LogP contribution in [0.2, 0.25) is 0 Å². The number of halogens is 2. The van der Waals surface area contributed by atoms with Crippen molar-refractivity contribution in [3.8, 4) is 5.75 Å². The van der Waals surface area contributed by atoms with E-state index in [4.69, 9.17) is 38.0 Å². The van der Waals surface area contributed by atoms with Gasteiger partial charge < -0.3 is 24.8 Å². The van der Waals surface area contributed by atoms with E-state index < -0.39 is 101 Å². The number of nitrogen functional groups attached to an aromatic ring is 1. The average molecular weight is 893 g/mol. The van der Waals surface area contributed by atoms with Crippen molar-refractivity contribution in [3.63, 3.8) is 0 Å². The number of rotatable bonds is 7. The van der Waals surface area contributed by atoms with Gasteiger partial charge in [0.15, 0.2) is 42.0 Å². The maximum atomic E-state index is 16.6. The van der Waals surface area contributed by atoms with Crippen molar-refractivity contribution in [2.75, 3.05) is 18.9 Å². The standard InChI is InChI=1S/C36H36F2N6O13P2S/c1-18-3-8-23(19(2)11-18)36(47)53-22-6-4-20(5-7-22)15-60-59(50)52-14-25-27(37)30(34(54-25)43-10-9-21(45)12-26(43)46)56-58(48,49)51-13-24-28(38)31(57-59)35(55-24)44-17-42-29-32(39)40-16-41-33(29)44/h3-11,16-17,24-25,27-28,30-31,34-35H,12-15H2,1-2H3,(H,48,49)(H2,39,40,41)/t24-,25-,27-,28-,30-,31-,34-,35-,59-/m1/s1.